The highest BCUT2D eigenvalue weighted by atomic mass is 16.1. The van der Waals surface area contributed by atoms with Crippen LogP contribution in [-0.4, -0.2) is 17.7 Å². The third-order valence-electron chi connectivity index (χ3n) is 1.35. The summed E-state index contributed by atoms with van der Waals surface area (Å²) < 4.78 is 0. The Morgan fingerprint density at radius 2 is 2.50 bits per heavy atom. The molecule has 0 aromatic rings. The van der Waals surface area contributed by atoms with Crippen LogP contribution in [0.3, 0.4) is 0 Å². The van der Waals surface area contributed by atoms with Gasteiger partial charge in [-0.3, -0.25) is 4.79 Å². The molecule has 0 atom stereocenters. The lowest BCUT2D eigenvalue weighted by Gasteiger charge is -2.02. The Balaban J connectivity index is 2.61. The van der Waals surface area contributed by atoms with Crippen LogP contribution in [0.5, 0.6) is 0 Å². The van der Waals surface area contributed by atoms with E-state index in [0.29, 0.717) is 12.1 Å². The first-order valence-corrected chi connectivity index (χ1v) is 3.46. The summed E-state index contributed by atoms with van der Waals surface area (Å²) in [7, 11) is 0. The van der Waals surface area contributed by atoms with E-state index in [-0.39, 0.29) is 5.78 Å². The van der Waals surface area contributed by atoms with Gasteiger partial charge in [0.2, 0.25) is 0 Å². The maximum atomic E-state index is 11.0. The quantitative estimate of drug-likeness (QED) is 0.565. The Bertz CT molecular complexity index is 194. The minimum atomic E-state index is 0.122. The van der Waals surface area contributed by atoms with Gasteiger partial charge in [0.1, 0.15) is 5.71 Å². The number of nitrogens with zero attached hydrogens (tertiary/aromatic N) is 2. The molecule has 0 spiro atoms. The zero-order valence-corrected chi connectivity index (χ0v) is 6.00. The lowest BCUT2D eigenvalue weighted by Crippen LogP contribution is -2.16. The molecular weight excluding hydrogens is 128 g/mol. The molecule has 0 amide bonds. The molecule has 0 aromatic carbocycles. The van der Waals surface area contributed by atoms with Gasteiger partial charge < -0.3 is 0 Å². The lowest BCUT2D eigenvalue weighted by molar-refractivity contribution is -0.112. The normalized spacial score (nSPS) is 17.3. The number of Topliss-reactive ketones (excluding diaryl/α,β-unsaturated/α-hetero) is 1. The van der Waals surface area contributed by atoms with Gasteiger partial charge in [0.15, 0.2) is 5.78 Å². The number of hydrogen-bond acceptors (Lipinski definition) is 3. The molecule has 1 heterocycles. The average molecular weight is 138 g/mol. The van der Waals surface area contributed by atoms with Crippen molar-refractivity contribution in [2.75, 3.05) is 0 Å². The van der Waals surface area contributed by atoms with Crippen LogP contribution in [0.25, 0.3) is 0 Å². The molecule has 0 N–H and O–H groups in total. The van der Waals surface area contributed by atoms with Gasteiger partial charge in [-0.2, -0.15) is 10.2 Å². The van der Waals surface area contributed by atoms with Crippen LogP contribution in [0.15, 0.2) is 10.2 Å². The maximum absolute atomic E-state index is 11.0. The standard InChI is InChI=1S/C7H10N2O/c1-2-3-6-7(10)4-5-8-9-6/h5H,2-4H2,1H3. The molecule has 10 heavy (non-hydrogen) atoms. The molecule has 54 valence electrons. The zero-order chi connectivity index (χ0) is 7.40. The summed E-state index contributed by atoms with van der Waals surface area (Å²) in [5.74, 6) is 0.122. The molecule has 1 aliphatic heterocycles. The molecule has 0 saturated carbocycles. The van der Waals surface area contributed by atoms with E-state index in [2.05, 4.69) is 10.2 Å². The topological polar surface area (TPSA) is 41.8 Å². The molecule has 0 aromatic heterocycles. The van der Waals surface area contributed by atoms with Crippen LogP contribution in [0.1, 0.15) is 26.2 Å². The van der Waals surface area contributed by atoms with Crippen molar-refractivity contribution in [2.24, 2.45) is 10.2 Å². The van der Waals surface area contributed by atoms with E-state index in [1.54, 1.807) is 6.21 Å². The van der Waals surface area contributed by atoms with Gasteiger partial charge in [-0.15, -0.1) is 0 Å². The Labute approximate surface area is 59.8 Å². The van der Waals surface area contributed by atoms with Gasteiger partial charge in [-0.25, -0.2) is 0 Å². The van der Waals surface area contributed by atoms with Crippen molar-refractivity contribution in [2.45, 2.75) is 26.2 Å². The highest BCUT2D eigenvalue weighted by Crippen LogP contribution is 2.00. The fourth-order valence-electron chi connectivity index (χ4n) is 0.834. The zero-order valence-electron chi connectivity index (χ0n) is 6.00. The predicted molar refractivity (Wildman–Crippen MR) is 40.5 cm³/mol. The molecule has 1 aliphatic rings. The van der Waals surface area contributed by atoms with Crippen LogP contribution in [0, 0.1) is 0 Å². The van der Waals surface area contributed by atoms with Crippen LogP contribution in [0.4, 0.5) is 0 Å². The summed E-state index contributed by atoms with van der Waals surface area (Å²) in [5, 5.41) is 7.41. The third kappa shape index (κ3) is 1.50. The van der Waals surface area contributed by atoms with Crippen LogP contribution >= 0.6 is 0 Å². The van der Waals surface area contributed by atoms with Crippen molar-refractivity contribution in [3.63, 3.8) is 0 Å². The second-order valence-corrected chi connectivity index (χ2v) is 2.22. The first-order valence-electron chi connectivity index (χ1n) is 3.46. The van der Waals surface area contributed by atoms with Crippen LogP contribution in [0.2, 0.25) is 0 Å². The summed E-state index contributed by atoms with van der Waals surface area (Å²) in [6, 6.07) is 0. The molecule has 0 aliphatic carbocycles. The molecule has 0 radical (unpaired) electrons. The van der Waals surface area contributed by atoms with Crippen molar-refractivity contribution in [3.8, 4) is 0 Å². The average Bonchev–Trinajstić information content (AvgIpc) is 1.94. The first kappa shape index (κ1) is 7.12. The molecular formula is C7H10N2O. The van der Waals surface area contributed by atoms with Gasteiger partial charge in [0.05, 0.1) is 0 Å². The summed E-state index contributed by atoms with van der Waals surface area (Å²) in [6.07, 6.45) is 3.69. The Kier molecular flexibility index (Phi) is 2.31. The van der Waals surface area contributed by atoms with Crippen LogP contribution in [-0.2, 0) is 4.79 Å². The number of ketones is 1. The van der Waals surface area contributed by atoms with Crippen molar-refractivity contribution in [3.05, 3.63) is 0 Å². The molecule has 3 heteroatoms. The molecule has 0 unspecified atom stereocenters. The highest BCUT2D eigenvalue weighted by molar-refractivity contribution is 6.42. The van der Waals surface area contributed by atoms with Crippen molar-refractivity contribution < 1.29 is 4.79 Å². The summed E-state index contributed by atoms with van der Waals surface area (Å²) in [6.45, 7) is 2.02. The van der Waals surface area contributed by atoms with Crippen LogP contribution < -0.4 is 0 Å². The van der Waals surface area contributed by atoms with E-state index in [1.807, 2.05) is 6.92 Å². The molecule has 0 bridgehead atoms. The van der Waals surface area contributed by atoms with E-state index in [4.69, 9.17) is 0 Å². The van der Waals surface area contributed by atoms with Gasteiger partial charge in [-0.05, 0) is 6.42 Å². The van der Waals surface area contributed by atoms with Crippen molar-refractivity contribution in [1.82, 2.24) is 0 Å². The maximum Gasteiger partial charge on any atom is 0.184 e. The lowest BCUT2D eigenvalue weighted by atomic mass is 10.1. The SMILES string of the molecule is CCCC1=NN=CCC1=O. The number of hydrogen-bond donors (Lipinski definition) is 0. The molecule has 1 rings (SSSR count). The largest absolute Gasteiger partial charge is 0.292 e. The minimum Gasteiger partial charge on any atom is -0.292 e. The van der Waals surface area contributed by atoms with E-state index in [9.17, 15) is 4.79 Å². The second kappa shape index (κ2) is 3.25. The van der Waals surface area contributed by atoms with Gasteiger partial charge in [0, 0.05) is 12.6 Å². The number of carbonyl (C=O) groups is 1. The highest BCUT2D eigenvalue weighted by Gasteiger charge is 2.11. The summed E-state index contributed by atoms with van der Waals surface area (Å²) >= 11 is 0. The molecule has 0 fully saturated rings. The molecule has 3 nitrogen and oxygen atoms in total. The van der Waals surface area contributed by atoms with E-state index in [1.165, 1.54) is 0 Å². The fourth-order valence-corrected chi connectivity index (χ4v) is 0.834. The monoisotopic (exact) mass is 138 g/mol. The van der Waals surface area contributed by atoms with E-state index < -0.39 is 0 Å². The number of carbonyl (C=O) groups excluding carboxylic acids is 1. The van der Waals surface area contributed by atoms with Gasteiger partial charge in [-0.1, -0.05) is 13.3 Å². The van der Waals surface area contributed by atoms with E-state index >= 15 is 0 Å². The van der Waals surface area contributed by atoms with Crippen molar-refractivity contribution in [1.29, 1.82) is 0 Å². The third-order valence-corrected chi connectivity index (χ3v) is 1.35. The fraction of sp³-hybridized carbons (Fsp3) is 0.571. The molecule has 0 saturated heterocycles. The first-order chi connectivity index (χ1) is 4.84. The van der Waals surface area contributed by atoms with Gasteiger partial charge >= 0.3 is 0 Å². The second-order valence-electron chi connectivity index (χ2n) is 2.22. The minimum absolute atomic E-state index is 0.122. The van der Waals surface area contributed by atoms with Gasteiger partial charge in [0.25, 0.3) is 0 Å². The Morgan fingerprint density at radius 1 is 1.70 bits per heavy atom. The summed E-state index contributed by atoms with van der Waals surface area (Å²) in [5.41, 5.74) is 0.630. The predicted octanol–water partition coefficient (Wildman–Crippen LogP) is 1.19. The summed E-state index contributed by atoms with van der Waals surface area (Å²) in [4.78, 5) is 11.0. The smallest absolute Gasteiger partial charge is 0.184 e. The Morgan fingerprint density at radius 3 is 3.10 bits per heavy atom. The van der Waals surface area contributed by atoms with Crippen molar-refractivity contribution >= 4 is 17.7 Å². The Hall–Kier alpha value is -0.990. The number of rotatable bonds is 2. The van der Waals surface area contributed by atoms with E-state index in [0.717, 1.165) is 12.8 Å².